The number of halogens is 3. The Balaban J connectivity index is 1.92. The number of nitrogens with zero attached hydrogens (tertiary/aromatic N) is 2. The fourth-order valence-corrected chi connectivity index (χ4v) is 3.10. The summed E-state index contributed by atoms with van der Waals surface area (Å²) < 4.78 is 39.6. The Morgan fingerprint density at radius 3 is 2.61 bits per heavy atom. The molecule has 0 atom stereocenters. The second-order valence-electron chi connectivity index (χ2n) is 5.68. The van der Waals surface area contributed by atoms with Gasteiger partial charge in [-0.15, -0.1) is 0 Å². The first-order valence-electron chi connectivity index (χ1n) is 7.27. The maximum absolute atomic E-state index is 12.7. The lowest BCUT2D eigenvalue weighted by atomic mass is 9.91. The molecule has 0 saturated heterocycles. The van der Waals surface area contributed by atoms with Gasteiger partial charge in [-0.1, -0.05) is 0 Å². The number of fused-ring (bicyclic) bond motifs is 1. The third-order valence-electron chi connectivity index (χ3n) is 4.25. The fourth-order valence-electron chi connectivity index (χ4n) is 3.10. The molecule has 0 aliphatic heterocycles. The monoisotopic (exact) mass is 328 g/mol. The van der Waals surface area contributed by atoms with Crippen LogP contribution in [-0.4, -0.2) is 27.0 Å². The average molecular weight is 328 g/mol. The standard InChI is InChI=1S/C14H15F3N4O2/c15-14(16,17)8-5-11-12(18-6-8)21(13(23)20-11)10-3-1-9(2-4-10)19-7-22/h5-7,9-10H,1-4H2,(H,19,22)(H,20,23)/t9-,10-. The number of pyridine rings is 1. The lowest BCUT2D eigenvalue weighted by Crippen LogP contribution is -2.34. The minimum Gasteiger partial charge on any atom is -0.356 e. The smallest absolute Gasteiger partial charge is 0.356 e. The van der Waals surface area contributed by atoms with Gasteiger partial charge in [-0.3, -0.25) is 9.36 Å². The highest BCUT2D eigenvalue weighted by molar-refractivity contribution is 5.71. The quantitative estimate of drug-likeness (QED) is 0.846. The van der Waals surface area contributed by atoms with Gasteiger partial charge >= 0.3 is 11.9 Å². The molecule has 3 rings (SSSR count). The Morgan fingerprint density at radius 1 is 1.30 bits per heavy atom. The van der Waals surface area contributed by atoms with Crippen molar-refractivity contribution in [1.29, 1.82) is 0 Å². The molecule has 2 aromatic heterocycles. The molecule has 0 aromatic carbocycles. The molecule has 0 radical (unpaired) electrons. The van der Waals surface area contributed by atoms with E-state index in [1.165, 1.54) is 4.57 Å². The molecular formula is C14H15F3N4O2. The third kappa shape index (κ3) is 2.95. The number of carbonyl (C=O) groups is 1. The molecule has 2 heterocycles. The van der Waals surface area contributed by atoms with Crippen LogP contribution in [0.25, 0.3) is 11.2 Å². The van der Waals surface area contributed by atoms with E-state index in [2.05, 4.69) is 15.3 Å². The number of amides is 1. The normalized spacial score (nSPS) is 22.2. The van der Waals surface area contributed by atoms with Crippen LogP contribution in [0.1, 0.15) is 37.3 Å². The van der Waals surface area contributed by atoms with Crippen molar-refractivity contribution in [2.24, 2.45) is 0 Å². The van der Waals surface area contributed by atoms with Crippen molar-refractivity contribution in [2.45, 2.75) is 43.9 Å². The lowest BCUT2D eigenvalue weighted by Gasteiger charge is -2.28. The summed E-state index contributed by atoms with van der Waals surface area (Å²) in [5.74, 6) is 0. The van der Waals surface area contributed by atoms with Crippen LogP contribution in [0.4, 0.5) is 13.2 Å². The lowest BCUT2D eigenvalue weighted by molar-refractivity contribution is -0.137. The SMILES string of the molecule is O=CN[C@H]1CC[C@H](n2c(=O)[nH]c3cc(C(F)(F)F)cnc32)CC1. The number of H-pyrrole nitrogens is 1. The van der Waals surface area contributed by atoms with E-state index in [0.717, 1.165) is 12.3 Å². The third-order valence-corrected chi connectivity index (χ3v) is 4.25. The number of rotatable bonds is 3. The molecule has 1 aliphatic rings. The summed E-state index contributed by atoms with van der Waals surface area (Å²) in [5, 5.41) is 2.71. The van der Waals surface area contributed by atoms with Gasteiger partial charge in [-0.2, -0.15) is 13.2 Å². The van der Waals surface area contributed by atoms with Gasteiger partial charge in [-0.05, 0) is 31.7 Å². The van der Waals surface area contributed by atoms with Crippen LogP contribution in [0.15, 0.2) is 17.1 Å². The zero-order valence-electron chi connectivity index (χ0n) is 12.1. The van der Waals surface area contributed by atoms with Gasteiger partial charge < -0.3 is 10.3 Å². The Bertz CT molecular complexity index is 772. The molecule has 1 amide bonds. The molecule has 23 heavy (non-hydrogen) atoms. The van der Waals surface area contributed by atoms with Gasteiger partial charge in [0, 0.05) is 18.3 Å². The number of hydrogen-bond donors (Lipinski definition) is 2. The number of aromatic amines is 1. The topological polar surface area (TPSA) is 79.8 Å². The molecule has 2 aromatic rings. The second kappa shape index (κ2) is 5.71. The largest absolute Gasteiger partial charge is 0.417 e. The van der Waals surface area contributed by atoms with Crippen molar-refractivity contribution < 1.29 is 18.0 Å². The fraction of sp³-hybridized carbons (Fsp3) is 0.500. The van der Waals surface area contributed by atoms with Crippen molar-refractivity contribution >= 4 is 17.6 Å². The summed E-state index contributed by atoms with van der Waals surface area (Å²) in [5.41, 5.74) is -1.04. The predicted octanol–water partition coefficient (Wildman–Crippen LogP) is 1.97. The molecule has 1 fully saturated rings. The Kier molecular flexibility index (Phi) is 3.87. The van der Waals surface area contributed by atoms with Crippen LogP contribution < -0.4 is 11.0 Å². The molecule has 0 unspecified atom stereocenters. The zero-order chi connectivity index (χ0) is 16.6. The molecule has 0 spiro atoms. The maximum atomic E-state index is 12.7. The number of carbonyl (C=O) groups excluding carboxylic acids is 1. The molecule has 6 nitrogen and oxygen atoms in total. The number of hydrogen-bond acceptors (Lipinski definition) is 3. The van der Waals surface area contributed by atoms with E-state index in [9.17, 15) is 22.8 Å². The van der Waals surface area contributed by atoms with Crippen LogP contribution in [-0.2, 0) is 11.0 Å². The van der Waals surface area contributed by atoms with E-state index in [-0.39, 0.29) is 23.2 Å². The van der Waals surface area contributed by atoms with Crippen molar-refractivity contribution in [3.8, 4) is 0 Å². The van der Waals surface area contributed by atoms with E-state index < -0.39 is 17.4 Å². The highest BCUT2D eigenvalue weighted by atomic mass is 19.4. The van der Waals surface area contributed by atoms with Gasteiger partial charge in [0.2, 0.25) is 6.41 Å². The number of imidazole rings is 1. The highest BCUT2D eigenvalue weighted by Gasteiger charge is 2.32. The van der Waals surface area contributed by atoms with Crippen LogP contribution in [0, 0.1) is 0 Å². The first kappa shape index (κ1) is 15.6. The van der Waals surface area contributed by atoms with Gasteiger partial charge in [0.05, 0.1) is 11.1 Å². The molecule has 124 valence electrons. The molecular weight excluding hydrogens is 313 g/mol. The van der Waals surface area contributed by atoms with Crippen LogP contribution in [0.5, 0.6) is 0 Å². The van der Waals surface area contributed by atoms with Crippen molar-refractivity contribution in [3.05, 3.63) is 28.3 Å². The summed E-state index contributed by atoms with van der Waals surface area (Å²) in [6.45, 7) is 0. The van der Waals surface area contributed by atoms with Gasteiger partial charge in [-0.25, -0.2) is 9.78 Å². The average Bonchev–Trinajstić information content (AvgIpc) is 2.82. The van der Waals surface area contributed by atoms with Gasteiger partial charge in [0.15, 0.2) is 5.65 Å². The number of nitrogens with one attached hydrogen (secondary N) is 2. The predicted molar refractivity (Wildman–Crippen MR) is 75.8 cm³/mol. The van der Waals surface area contributed by atoms with E-state index in [4.69, 9.17) is 0 Å². The summed E-state index contributed by atoms with van der Waals surface area (Å²) in [4.78, 5) is 28.9. The summed E-state index contributed by atoms with van der Waals surface area (Å²) >= 11 is 0. The highest BCUT2D eigenvalue weighted by Crippen LogP contribution is 2.32. The first-order chi connectivity index (χ1) is 10.9. The van der Waals surface area contributed by atoms with Crippen molar-refractivity contribution in [2.75, 3.05) is 0 Å². The summed E-state index contributed by atoms with van der Waals surface area (Å²) in [7, 11) is 0. The van der Waals surface area contributed by atoms with E-state index >= 15 is 0 Å². The molecule has 0 bridgehead atoms. The molecule has 1 aliphatic carbocycles. The minimum absolute atomic E-state index is 0.0782. The Labute approximate surface area is 128 Å². The van der Waals surface area contributed by atoms with Crippen LogP contribution >= 0.6 is 0 Å². The Morgan fingerprint density at radius 2 is 2.00 bits per heavy atom. The number of alkyl halides is 3. The molecule has 9 heteroatoms. The van der Waals surface area contributed by atoms with E-state index in [0.29, 0.717) is 32.1 Å². The Hall–Kier alpha value is -2.32. The van der Waals surface area contributed by atoms with E-state index in [1.807, 2.05) is 0 Å². The van der Waals surface area contributed by atoms with Gasteiger partial charge in [0.1, 0.15) is 0 Å². The molecule has 2 N–H and O–H groups in total. The van der Waals surface area contributed by atoms with Gasteiger partial charge in [0.25, 0.3) is 0 Å². The van der Waals surface area contributed by atoms with Crippen molar-refractivity contribution in [3.63, 3.8) is 0 Å². The van der Waals surface area contributed by atoms with Crippen LogP contribution in [0.2, 0.25) is 0 Å². The number of aromatic nitrogens is 3. The zero-order valence-corrected chi connectivity index (χ0v) is 12.1. The minimum atomic E-state index is -4.50. The summed E-state index contributed by atoms with van der Waals surface area (Å²) in [6, 6.07) is 0.847. The summed E-state index contributed by atoms with van der Waals surface area (Å²) in [6.07, 6.45) is -0.373. The first-order valence-corrected chi connectivity index (χ1v) is 7.27. The molecule has 1 saturated carbocycles. The maximum Gasteiger partial charge on any atom is 0.417 e. The van der Waals surface area contributed by atoms with Crippen LogP contribution in [0.3, 0.4) is 0 Å². The van der Waals surface area contributed by atoms with E-state index in [1.54, 1.807) is 0 Å². The second-order valence-corrected chi connectivity index (χ2v) is 5.68. The van der Waals surface area contributed by atoms with Crippen molar-refractivity contribution in [1.82, 2.24) is 19.9 Å².